The number of aliphatic hydroxyl groups is 2. The van der Waals surface area contributed by atoms with Gasteiger partial charge in [-0.05, 0) is 42.5 Å². The molecular formula is C25H26ClFN2O4. The normalized spacial score (nSPS) is 13.5. The summed E-state index contributed by atoms with van der Waals surface area (Å²) in [5, 5.41) is 29.5. The first-order chi connectivity index (χ1) is 15.7. The molecule has 1 heterocycles. The molecule has 1 aromatic heterocycles. The average Bonchev–Trinajstić information content (AvgIpc) is 3.12. The van der Waals surface area contributed by atoms with Crippen molar-refractivity contribution in [3.63, 3.8) is 0 Å². The van der Waals surface area contributed by atoms with Crippen molar-refractivity contribution < 1.29 is 24.5 Å². The summed E-state index contributed by atoms with van der Waals surface area (Å²) in [6, 6.07) is 13.3. The highest BCUT2D eigenvalue weighted by Gasteiger charge is 2.21. The van der Waals surface area contributed by atoms with Gasteiger partial charge in [0, 0.05) is 34.7 Å². The molecular weight excluding hydrogens is 447 g/mol. The average molecular weight is 473 g/mol. The molecule has 8 heteroatoms. The molecule has 0 aliphatic heterocycles. The van der Waals surface area contributed by atoms with Gasteiger partial charge in [-0.2, -0.15) is 0 Å². The molecule has 0 spiro atoms. The van der Waals surface area contributed by atoms with Crippen LogP contribution in [0.15, 0.2) is 54.6 Å². The van der Waals surface area contributed by atoms with Crippen molar-refractivity contribution in [3.8, 4) is 22.5 Å². The highest BCUT2D eigenvalue weighted by molar-refractivity contribution is 6.30. The molecule has 3 aromatic rings. The van der Waals surface area contributed by atoms with Gasteiger partial charge in [-0.1, -0.05) is 37.6 Å². The number of aliphatic hydroxyl groups excluding tert-OH is 2. The number of rotatable bonds is 9. The van der Waals surface area contributed by atoms with E-state index >= 15 is 0 Å². The van der Waals surface area contributed by atoms with Crippen LogP contribution in [0, 0.1) is 5.82 Å². The van der Waals surface area contributed by atoms with E-state index in [1.54, 1.807) is 30.5 Å². The van der Waals surface area contributed by atoms with Gasteiger partial charge >= 0.3 is 5.97 Å². The second-order valence-electron chi connectivity index (χ2n) is 8.11. The maximum absolute atomic E-state index is 13.5. The van der Waals surface area contributed by atoms with Crippen LogP contribution in [0.25, 0.3) is 28.7 Å². The largest absolute Gasteiger partial charge is 0.481 e. The fourth-order valence-corrected chi connectivity index (χ4v) is 3.75. The van der Waals surface area contributed by atoms with Gasteiger partial charge in [0.05, 0.1) is 30.0 Å². The standard InChI is InChI=1S/C25H26ClFN2O4/c1-15(2)25-28-23(16-6-8-19(27)9-7-16)24(17-4-3-5-18(26)12-17)29(25)11-10-20(30)13-21(31)14-22(32)33/h3-12,15,20-21,30-31H,13-14H2,1-2H3,(H,32,33)/b11-10+/t20-,21-/m1/s1. The van der Waals surface area contributed by atoms with Crippen molar-refractivity contribution in [2.45, 2.75) is 44.8 Å². The number of imidazole rings is 1. The summed E-state index contributed by atoms with van der Waals surface area (Å²) < 4.78 is 15.4. The first-order valence-corrected chi connectivity index (χ1v) is 10.9. The lowest BCUT2D eigenvalue weighted by Gasteiger charge is -2.13. The van der Waals surface area contributed by atoms with Crippen LogP contribution in [-0.2, 0) is 4.79 Å². The second-order valence-corrected chi connectivity index (χ2v) is 8.54. The van der Waals surface area contributed by atoms with E-state index in [-0.39, 0.29) is 18.2 Å². The monoisotopic (exact) mass is 472 g/mol. The van der Waals surface area contributed by atoms with Crippen molar-refractivity contribution in [2.24, 2.45) is 0 Å². The summed E-state index contributed by atoms with van der Waals surface area (Å²) >= 11 is 6.25. The van der Waals surface area contributed by atoms with Crippen molar-refractivity contribution in [3.05, 3.63) is 71.3 Å². The molecule has 0 saturated carbocycles. The highest BCUT2D eigenvalue weighted by atomic mass is 35.5. The predicted molar refractivity (Wildman–Crippen MR) is 126 cm³/mol. The summed E-state index contributed by atoms with van der Waals surface area (Å²) in [7, 11) is 0. The highest BCUT2D eigenvalue weighted by Crippen LogP contribution is 2.36. The SMILES string of the molecule is CC(C)c1nc(-c2ccc(F)cc2)c(-c2cccc(Cl)c2)n1/C=C/[C@@H](O)C[C@@H](O)CC(=O)O. The van der Waals surface area contributed by atoms with E-state index in [0.29, 0.717) is 22.2 Å². The maximum Gasteiger partial charge on any atom is 0.305 e. The number of carboxylic acid groups (broad SMARTS) is 1. The fraction of sp³-hybridized carbons (Fsp3) is 0.280. The van der Waals surface area contributed by atoms with Crippen LogP contribution in [0.4, 0.5) is 4.39 Å². The van der Waals surface area contributed by atoms with Gasteiger partial charge in [0.1, 0.15) is 11.6 Å². The Morgan fingerprint density at radius 2 is 1.85 bits per heavy atom. The molecule has 174 valence electrons. The Hall–Kier alpha value is -3.00. The van der Waals surface area contributed by atoms with E-state index in [1.807, 2.05) is 30.5 Å². The molecule has 3 rings (SSSR count). The molecule has 0 unspecified atom stereocenters. The minimum absolute atomic E-state index is 0.0107. The van der Waals surface area contributed by atoms with Crippen molar-refractivity contribution >= 4 is 23.8 Å². The number of carboxylic acids is 1. The molecule has 0 aliphatic rings. The number of hydrogen-bond acceptors (Lipinski definition) is 4. The summed E-state index contributed by atoms with van der Waals surface area (Å²) in [4.78, 5) is 15.6. The van der Waals surface area contributed by atoms with E-state index < -0.39 is 24.6 Å². The lowest BCUT2D eigenvalue weighted by molar-refractivity contribution is -0.139. The minimum Gasteiger partial charge on any atom is -0.481 e. The molecule has 2 atom stereocenters. The molecule has 0 amide bonds. The Kier molecular flexibility index (Phi) is 8.02. The Balaban J connectivity index is 2.11. The fourth-order valence-electron chi connectivity index (χ4n) is 3.56. The number of benzene rings is 2. The number of nitrogens with zero attached hydrogens (tertiary/aromatic N) is 2. The topological polar surface area (TPSA) is 95.6 Å². The summed E-state index contributed by atoms with van der Waals surface area (Å²) in [6.07, 6.45) is 0.340. The minimum atomic E-state index is -1.17. The van der Waals surface area contributed by atoms with Gasteiger partial charge in [-0.25, -0.2) is 9.37 Å². The van der Waals surface area contributed by atoms with Gasteiger partial charge < -0.3 is 19.9 Å². The number of hydrogen-bond donors (Lipinski definition) is 3. The number of aliphatic carboxylic acids is 1. The Labute approximate surface area is 196 Å². The van der Waals surface area contributed by atoms with Crippen molar-refractivity contribution in [1.82, 2.24) is 9.55 Å². The van der Waals surface area contributed by atoms with Gasteiger partial charge in [0.2, 0.25) is 0 Å². The van der Waals surface area contributed by atoms with Gasteiger partial charge in [-0.3, -0.25) is 4.79 Å². The summed E-state index contributed by atoms with van der Waals surface area (Å²) in [5.74, 6) is -0.771. The zero-order valence-electron chi connectivity index (χ0n) is 18.3. The molecule has 0 aliphatic carbocycles. The molecule has 6 nitrogen and oxygen atoms in total. The van der Waals surface area contributed by atoms with E-state index in [2.05, 4.69) is 0 Å². The van der Waals surface area contributed by atoms with Gasteiger partial charge in [0.25, 0.3) is 0 Å². The maximum atomic E-state index is 13.5. The molecule has 2 aromatic carbocycles. The molecule has 0 fully saturated rings. The van der Waals surface area contributed by atoms with E-state index in [1.165, 1.54) is 18.2 Å². The molecule has 0 bridgehead atoms. The Morgan fingerprint density at radius 3 is 2.45 bits per heavy atom. The van der Waals surface area contributed by atoms with Crippen LogP contribution < -0.4 is 0 Å². The Bertz CT molecular complexity index is 1140. The third kappa shape index (κ3) is 6.28. The van der Waals surface area contributed by atoms with E-state index in [0.717, 1.165) is 11.1 Å². The lowest BCUT2D eigenvalue weighted by Crippen LogP contribution is -2.19. The molecule has 0 radical (unpaired) electrons. The first-order valence-electron chi connectivity index (χ1n) is 10.6. The second kappa shape index (κ2) is 10.7. The number of aromatic nitrogens is 2. The Morgan fingerprint density at radius 1 is 1.15 bits per heavy atom. The smallest absolute Gasteiger partial charge is 0.305 e. The zero-order valence-corrected chi connectivity index (χ0v) is 19.1. The van der Waals surface area contributed by atoms with Crippen LogP contribution in [0.5, 0.6) is 0 Å². The quantitative estimate of drug-likeness (QED) is 0.398. The third-order valence-electron chi connectivity index (χ3n) is 5.05. The van der Waals surface area contributed by atoms with Crippen molar-refractivity contribution in [1.29, 1.82) is 0 Å². The third-order valence-corrected chi connectivity index (χ3v) is 5.29. The van der Waals surface area contributed by atoms with Crippen LogP contribution >= 0.6 is 11.6 Å². The number of carbonyl (C=O) groups is 1. The van der Waals surface area contributed by atoms with Crippen molar-refractivity contribution in [2.75, 3.05) is 0 Å². The van der Waals surface area contributed by atoms with Crippen LogP contribution in [0.3, 0.4) is 0 Å². The summed E-state index contributed by atoms with van der Waals surface area (Å²) in [6.45, 7) is 3.96. The summed E-state index contributed by atoms with van der Waals surface area (Å²) in [5.41, 5.74) is 2.84. The number of halogens is 2. The van der Waals surface area contributed by atoms with Gasteiger partial charge in [-0.15, -0.1) is 0 Å². The van der Waals surface area contributed by atoms with Crippen LogP contribution in [-0.4, -0.2) is 43.0 Å². The molecule has 0 saturated heterocycles. The zero-order chi connectivity index (χ0) is 24.1. The van der Waals surface area contributed by atoms with E-state index in [9.17, 15) is 19.4 Å². The lowest BCUT2D eigenvalue weighted by atomic mass is 10.0. The molecule has 33 heavy (non-hydrogen) atoms. The first kappa shape index (κ1) is 24.6. The predicted octanol–water partition coefficient (Wildman–Crippen LogP) is 5.19. The van der Waals surface area contributed by atoms with Gasteiger partial charge in [0.15, 0.2) is 0 Å². The van der Waals surface area contributed by atoms with Crippen LogP contribution in [0.1, 0.15) is 38.4 Å². The van der Waals surface area contributed by atoms with Crippen LogP contribution in [0.2, 0.25) is 5.02 Å². The van der Waals surface area contributed by atoms with E-state index in [4.69, 9.17) is 21.7 Å². The molecule has 3 N–H and O–H groups in total.